The van der Waals surface area contributed by atoms with Gasteiger partial charge in [0.05, 0.1) is 32.4 Å². The van der Waals surface area contributed by atoms with Crippen molar-refractivity contribution in [3.8, 4) is 17.2 Å². The first-order valence-corrected chi connectivity index (χ1v) is 10.5. The van der Waals surface area contributed by atoms with Gasteiger partial charge in [-0.2, -0.15) is 0 Å². The number of amides is 1. The Morgan fingerprint density at radius 2 is 1.60 bits per heavy atom. The molecule has 0 bridgehead atoms. The molecular formula is C26H23N3O6. The van der Waals surface area contributed by atoms with E-state index < -0.39 is 5.56 Å². The molecule has 3 N–H and O–H groups in total. The van der Waals surface area contributed by atoms with E-state index >= 15 is 0 Å². The van der Waals surface area contributed by atoms with Crippen LogP contribution in [0.5, 0.6) is 17.2 Å². The third-order valence-electron chi connectivity index (χ3n) is 5.26. The number of benzene rings is 3. The normalized spacial score (nSPS) is 11.2. The van der Waals surface area contributed by atoms with Gasteiger partial charge in [-0.1, -0.05) is 12.1 Å². The van der Waals surface area contributed by atoms with Crippen LogP contribution in [0.1, 0.15) is 21.6 Å². The third kappa shape index (κ3) is 4.93. The number of H-pyrrole nitrogens is 1. The minimum absolute atomic E-state index is 0.0842. The third-order valence-corrected chi connectivity index (χ3v) is 5.26. The van der Waals surface area contributed by atoms with Crippen LogP contribution in [0, 0.1) is 0 Å². The Bertz CT molecular complexity index is 1450. The second-order valence-electron chi connectivity index (χ2n) is 7.44. The number of hydrogen-bond donors (Lipinski definition) is 3. The van der Waals surface area contributed by atoms with Gasteiger partial charge in [0.15, 0.2) is 11.5 Å². The van der Waals surface area contributed by atoms with Gasteiger partial charge in [0, 0.05) is 22.9 Å². The Balaban J connectivity index is 1.54. The molecule has 9 nitrogen and oxygen atoms in total. The lowest BCUT2D eigenvalue weighted by molar-refractivity contribution is 0.102. The quantitative estimate of drug-likeness (QED) is 0.343. The van der Waals surface area contributed by atoms with Crippen molar-refractivity contribution in [3.63, 3.8) is 0 Å². The number of carbonyl (C=O) groups is 1. The van der Waals surface area contributed by atoms with Crippen LogP contribution in [-0.4, -0.2) is 42.3 Å². The topological polar surface area (TPSA) is 123 Å². The summed E-state index contributed by atoms with van der Waals surface area (Å²) in [5.41, 5.74) is 2.16. The van der Waals surface area contributed by atoms with Crippen LogP contribution in [0.15, 0.2) is 65.5 Å². The average molecular weight is 473 g/mol. The van der Waals surface area contributed by atoms with Gasteiger partial charge in [-0.15, -0.1) is 0 Å². The molecule has 0 fully saturated rings. The van der Waals surface area contributed by atoms with E-state index in [0.29, 0.717) is 45.1 Å². The highest BCUT2D eigenvalue weighted by atomic mass is 16.5. The largest absolute Gasteiger partial charge is 0.507 e. The molecule has 0 unspecified atom stereocenters. The van der Waals surface area contributed by atoms with Gasteiger partial charge < -0.3 is 29.6 Å². The maximum atomic E-state index is 12.8. The van der Waals surface area contributed by atoms with Crippen LogP contribution in [0.3, 0.4) is 0 Å². The molecule has 1 amide bonds. The zero-order chi connectivity index (χ0) is 24.9. The van der Waals surface area contributed by atoms with Gasteiger partial charge in [0.2, 0.25) is 5.75 Å². The summed E-state index contributed by atoms with van der Waals surface area (Å²) in [6, 6.07) is 16.7. The summed E-state index contributed by atoms with van der Waals surface area (Å²) in [6.07, 6.45) is 1.30. The number of ether oxygens (including phenoxy) is 3. The van der Waals surface area contributed by atoms with E-state index in [1.807, 2.05) is 6.07 Å². The molecule has 9 heteroatoms. The maximum absolute atomic E-state index is 12.8. The van der Waals surface area contributed by atoms with Gasteiger partial charge in [0.1, 0.15) is 11.5 Å². The summed E-state index contributed by atoms with van der Waals surface area (Å²) in [5, 5.41) is 13.3. The van der Waals surface area contributed by atoms with Crippen molar-refractivity contribution in [1.82, 2.24) is 9.97 Å². The van der Waals surface area contributed by atoms with Crippen LogP contribution in [0.2, 0.25) is 0 Å². The van der Waals surface area contributed by atoms with Gasteiger partial charge in [-0.05, 0) is 48.5 Å². The highest BCUT2D eigenvalue weighted by Crippen LogP contribution is 2.38. The smallest absolute Gasteiger partial charge is 0.274 e. The summed E-state index contributed by atoms with van der Waals surface area (Å²) in [6.45, 7) is 0. The molecule has 1 aromatic heterocycles. The van der Waals surface area contributed by atoms with Crippen LogP contribution in [0.4, 0.5) is 5.69 Å². The number of aliphatic hydroxyl groups is 1. The lowest BCUT2D eigenvalue weighted by Gasteiger charge is -2.14. The number of anilines is 1. The SMILES string of the molecule is COc1cc(C(=O)Nc2ccc(/C(O)=C/c3nc4ccccc4[nH]c3=O)cc2)cc(OC)c1OC. The first kappa shape index (κ1) is 23.4. The number of hydrogen-bond acceptors (Lipinski definition) is 7. The minimum atomic E-state index is -0.413. The average Bonchev–Trinajstić information content (AvgIpc) is 2.88. The standard InChI is InChI=1S/C26H23N3O6/c1-33-22-12-16(13-23(34-2)24(22)35-3)25(31)27-17-10-8-15(9-11-17)21(30)14-20-26(32)29-19-7-5-4-6-18(19)28-20/h4-14,30H,1-3H3,(H,27,31)(H,29,32)/b21-14-. The highest BCUT2D eigenvalue weighted by Gasteiger charge is 2.17. The van der Waals surface area contributed by atoms with Crippen LogP contribution >= 0.6 is 0 Å². The Morgan fingerprint density at radius 3 is 2.23 bits per heavy atom. The van der Waals surface area contributed by atoms with E-state index in [9.17, 15) is 14.7 Å². The van der Waals surface area contributed by atoms with Crippen molar-refractivity contribution in [3.05, 3.63) is 87.8 Å². The molecule has 4 rings (SSSR count). The summed E-state index contributed by atoms with van der Waals surface area (Å²) >= 11 is 0. The molecular weight excluding hydrogens is 450 g/mol. The molecule has 35 heavy (non-hydrogen) atoms. The summed E-state index contributed by atoms with van der Waals surface area (Å²) in [4.78, 5) is 32.1. The van der Waals surface area contributed by atoms with E-state index in [2.05, 4.69) is 15.3 Å². The Hall–Kier alpha value is -4.79. The molecule has 3 aromatic carbocycles. The number of aromatic amines is 1. The van der Waals surface area contributed by atoms with E-state index in [1.54, 1.807) is 54.6 Å². The van der Waals surface area contributed by atoms with Crippen LogP contribution < -0.4 is 25.1 Å². The number of aliphatic hydroxyl groups excluding tert-OH is 1. The number of fused-ring (bicyclic) bond motifs is 1. The minimum Gasteiger partial charge on any atom is -0.507 e. The van der Waals surface area contributed by atoms with Crippen LogP contribution in [0.25, 0.3) is 22.9 Å². The lowest BCUT2D eigenvalue weighted by Crippen LogP contribution is -2.13. The summed E-state index contributed by atoms with van der Waals surface area (Å²) < 4.78 is 15.9. The molecule has 0 aliphatic carbocycles. The molecule has 0 spiro atoms. The number of aromatic nitrogens is 2. The van der Waals surface area contributed by atoms with Gasteiger partial charge >= 0.3 is 0 Å². The zero-order valence-corrected chi connectivity index (χ0v) is 19.3. The lowest BCUT2D eigenvalue weighted by atomic mass is 10.1. The van der Waals surface area contributed by atoms with E-state index in [-0.39, 0.29) is 17.4 Å². The van der Waals surface area contributed by atoms with Gasteiger partial charge in [-0.25, -0.2) is 4.98 Å². The van der Waals surface area contributed by atoms with Crippen molar-refractivity contribution in [2.45, 2.75) is 0 Å². The summed E-state index contributed by atoms with van der Waals surface area (Å²) in [7, 11) is 4.43. The first-order chi connectivity index (χ1) is 16.9. The van der Waals surface area contributed by atoms with Gasteiger partial charge in [0.25, 0.3) is 11.5 Å². The van der Waals surface area contributed by atoms with E-state index in [4.69, 9.17) is 14.2 Å². The van der Waals surface area contributed by atoms with Crippen LogP contribution in [-0.2, 0) is 0 Å². The fourth-order valence-corrected chi connectivity index (χ4v) is 3.49. The van der Waals surface area contributed by atoms with Crippen molar-refractivity contribution in [2.75, 3.05) is 26.6 Å². The number of para-hydroxylation sites is 2. The molecule has 1 heterocycles. The number of rotatable bonds is 7. The molecule has 0 atom stereocenters. The molecule has 0 radical (unpaired) electrons. The van der Waals surface area contributed by atoms with Crippen molar-refractivity contribution >= 4 is 34.5 Å². The molecule has 0 saturated heterocycles. The van der Waals surface area contributed by atoms with Crippen molar-refractivity contribution in [2.24, 2.45) is 0 Å². The molecule has 0 saturated carbocycles. The number of nitrogens with one attached hydrogen (secondary N) is 2. The second-order valence-corrected chi connectivity index (χ2v) is 7.44. The van der Waals surface area contributed by atoms with Gasteiger partial charge in [-0.3, -0.25) is 9.59 Å². The number of carbonyl (C=O) groups excluding carboxylic acids is 1. The molecule has 4 aromatic rings. The Labute approximate surface area is 200 Å². The molecule has 0 aliphatic rings. The van der Waals surface area contributed by atoms with Crippen molar-refractivity contribution < 1.29 is 24.1 Å². The van der Waals surface area contributed by atoms with Crippen molar-refractivity contribution in [1.29, 1.82) is 0 Å². The molecule has 178 valence electrons. The van der Waals surface area contributed by atoms with E-state index in [0.717, 1.165) is 0 Å². The fourth-order valence-electron chi connectivity index (χ4n) is 3.49. The number of nitrogens with zero attached hydrogens (tertiary/aromatic N) is 1. The first-order valence-electron chi connectivity index (χ1n) is 10.5. The maximum Gasteiger partial charge on any atom is 0.274 e. The predicted molar refractivity (Wildman–Crippen MR) is 133 cm³/mol. The fraction of sp³-hybridized carbons (Fsp3) is 0.115. The summed E-state index contributed by atoms with van der Waals surface area (Å²) in [5.74, 6) is 0.585. The Kier molecular flexibility index (Phi) is 6.68. The monoisotopic (exact) mass is 473 g/mol. The molecule has 0 aliphatic heterocycles. The highest BCUT2D eigenvalue weighted by molar-refractivity contribution is 6.05. The zero-order valence-electron chi connectivity index (χ0n) is 19.3. The van der Waals surface area contributed by atoms with E-state index in [1.165, 1.54) is 27.4 Å². The Morgan fingerprint density at radius 1 is 0.943 bits per heavy atom. The number of methoxy groups -OCH3 is 3. The predicted octanol–water partition coefficient (Wildman–Crippen LogP) is 4.26. The second kappa shape index (κ2) is 10.0.